The second kappa shape index (κ2) is 5.42. The number of pyridine rings is 1. The second-order valence-corrected chi connectivity index (χ2v) is 4.02. The van der Waals surface area contributed by atoms with E-state index < -0.39 is 0 Å². The molecule has 0 radical (unpaired) electrons. The third-order valence-electron chi connectivity index (χ3n) is 2.58. The Morgan fingerprint density at radius 1 is 1.28 bits per heavy atom. The topological polar surface area (TPSA) is 88.8 Å². The standard InChI is InChI=1S/C12H16N6/c1-8-6-14-4-3-10(8)7-15-11-5-9(2)16-12(17-11)18-13/h3-6H,7,13H2,1-2H3,(H2,15,16,17,18). The van der Waals surface area contributed by atoms with E-state index in [0.29, 0.717) is 12.5 Å². The van der Waals surface area contributed by atoms with E-state index >= 15 is 0 Å². The van der Waals surface area contributed by atoms with Crippen LogP contribution in [0.25, 0.3) is 0 Å². The zero-order valence-corrected chi connectivity index (χ0v) is 10.4. The molecule has 2 heterocycles. The molecule has 0 aliphatic carbocycles. The van der Waals surface area contributed by atoms with E-state index in [1.165, 1.54) is 5.56 Å². The highest BCUT2D eigenvalue weighted by atomic mass is 15.3. The molecule has 6 heteroatoms. The van der Waals surface area contributed by atoms with Crippen LogP contribution in [0.15, 0.2) is 24.5 Å². The molecule has 0 unspecified atom stereocenters. The summed E-state index contributed by atoms with van der Waals surface area (Å²) in [6, 6.07) is 3.86. The summed E-state index contributed by atoms with van der Waals surface area (Å²) < 4.78 is 0. The molecule has 0 bridgehead atoms. The van der Waals surface area contributed by atoms with Crippen molar-refractivity contribution >= 4 is 11.8 Å². The van der Waals surface area contributed by atoms with Gasteiger partial charge in [0.1, 0.15) is 5.82 Å². The number of hydrogen-bond acceptors (Lipinski definition) is 6. The number of hydrogen-bond donors (Lipinski definition) is 3. The minimum absolute atomic E-state index is 0.406. The smallest absolute Gasteiger partial charge is 0.239 e. The third-order valence-corrected chi connectivity index (χ3v) is 2.58. The van der Waals surface area contributed by atoms with Crippen molar-refractivity contribution in [1.82, 2.24) is 15.0 Å². The molecule has 4 N–H and O–H groups in total. The van der Waals surface area contributed by atoms with Crippen molar-refractivity contribution in [2.45, 2.75) is 20.4 Å². The van der Waals surface area contributed by atoms with Crippen LogP contribution in [-0.4, -0.2) is 15.0 Å². The maximum absolute atomic E-state index is 5.31. The molecule has 0 spiro atoms. The van der Waals surface area contributed by atoms with Gasteiger partial charge in [-0.15, -0.1) is 0 Å². The Labute approximate surface area is 106 Å². The van der Waals surface area contributed by atoms with Gasteiger partial charge in [-0.05, 0) is 31.0 Å². The van der Waals surface area contributed by atoms with E-state index in [-0.39, 0.29) is 0 Å². The van der Waals surface area contributed by atoms with Crippen LogP contribution in [0.4, 0.5) is 11.8 Å². The van der Waals surface area contributed by atoms with Gasteiger partial charge >= 0.3 is 0 Å². The predicted molar refractivity (Wildman–Crippen MR) is 70.9 cm³/mol. The van der Waals surface area contributed by atoms with Crippen LogP contribution in [0.1, 0.15) is 16.8 Å². The van der Waals surface area contributed by atoms with Gasteiger partial charge in [-0.25, -0.2) is 10.8 Å². The number of nitrogens with zero attached hydrogens (tertiary/aromatic N) is 3. The normalized spacial score (nSPS) is 10.2. The van der Waals surface area contributed by atoms with Gasteiger partial charge in [0.15, 0.2) is 0 Å². The van der Waals surface area contributed by atoms with E-state index in [9.17, 15) is 0 Å². The largest absolute Gasteiger partial charge is 0.366 e. The third kappa shape index (κ3) is 2.92. The van der Waals surface area contributed by atoms with Crippen molar-refractivity contribution in [3.63, 3.8) is 0 Å². The van der Waals surface area contributed by atoms with Gasteiger partial charge < -0.3 is 5.32 Å². The number of nitrogens with two attached hydrogens (primary N) is 1. The molecule has 94 valence electrons. The molecule has 6 nitrogen and oxygen atoms in total. The summed E-state index contributed by atoms with van der Waals surface area (Å²) in [7, 11) is 0. The Morgan fingerprint density at radius 3 is 2.83 bits per heavy atom. The van der Waals surface area contributed by atoms with Crippen LogP contribution in [0.2, 0.25) is 0 Å². The van der Waals surface area contributed by atoms with Gasteiger partial charge in [0.2, 0.25) is 5.95 Å². The molecule has 18 heavy (non-hydrogen) atoms. The first-order valence-electron chi connectivity index (χ1n) is 5.64. The molecular formula is C12H16N6. The second-order valence-electron chi connectivity index (χ2n) is 4.02. The van der Waals surface area contributed by atoms with Crippen LogP contribution >= 0.6 is 0 Å². The highest BCUT2D eigenvalue weighted by Crippen LogP contribution is 2.12. The van der Waals surface area contributed by atoms with Crippen molar-refractivity contribution in [2.24, 2.45) is 5.84 Å². The molecule has 0 aliphatic heterocycles. The average molecular weight is 244 g/mol. The summed E-state index contributed by atoms with van der Waals surface area (Å²) in [6.07, 6.45) is 3.62. The Hall–Kier alpha value is -2.21. The Kier molecular flexibility index (Phi) is 3.69. The lowest BCUT2D eigenvalue weighted by Gasteiger charge is -2.09. The molecule has 2 aromatic rings. The van der Waals surface area contributed by atoms with Gasteiger partial charge in [-0.3, -0.25) is 10.4 Å². The number of anilines is 2. The first-order chi connectivity index (χ1) is 8.69. The molecule has 2 aromatic heterocycles. The number of nitrogens with one attached hydrogen (secondary N) is 2. The summed E-state index contributed by atoms with van der Waals surface area (Å²) >= 11 is 0. The fourth-order valence-electron chi connectivity index (χ4n) is 1.61. The number of nitrogen functional groups attached to an aromatic ring is 1. The van der Waals surface area contributed by atoms with Crippen molar-refractivity contribution in [3.05, 3.63) is 41.3 Å². The lowest BCUT2D eigenvalue weighted by atomic mass is 10.1. The number of aryl methyl sites for hydroxylation is 2. The maximum Gasteiger partial charge on any atom is 0.239 e. The predicted octanol–water partition coefficient (Wildman–Crippen LogP) is 1.39. The molecule has 2 rings (SSSR count). The van der Waals surface area contributed by atoms with E-state index in [0.717, 1.165) is 17.1 Å². The fourth-order valence-corrected chi connectivity index (χ4v) is 1.61. The summed E-state index contributed by atoms with van der Waals surface area (Å²) in [6.45, 7) is 4.61. The quantitative estimate of drug-likeness (QED) is 0.556. The van der Waals surface area contributed by atoms with Crippen molar-refractivity contribution in [2.75, 3.05) is 10.7 Å². The summed E-state index contributed by atoms with van der Waals surface area (Å²) in [4.78, 5) is 12.4. The van der Waals surface area contributed by atoms with E-state index in [2.05, 4.69) is 25.7 Å². The van der Waals surface area contributed by atoms with Gasteiger partial charge in [-0.2, -0.15) is 4.98 Å². The van der Waals surface area contributed by atoms with Crippen molar-refractivity contribution < 1.29 is 0 Å². The maximum atomic E-state index is 5.31. The summed E-state index contributed by atoms with van der Waals surface area (Å²) in [5, 5.41) is 3.24. The Balaban J connectivity index is 2.11. The number of rotatable bonds is 4. The zero-order chi connectivity index (χ0) is 13.0. The molecular weight excluding hydrogens is 228 g/mol. The van der Waals surface area contributed by atoms with Crippen molar-refractivity contribution in [3.8, 4) is 0 Å². The van der Waals surface area contributed by atoms with Gasteiger partial charge in [0, 0.05) is 30.7 Å². The Morgan fingerprint density at radius 2 is 2.11 bits per heavy atom. The van der Waals surface area contributed by atoms with E-state index in [1.54, 1.807) is 6.20 Å². The summed E-state index contributed by atoms with van der Waals surface area (Å²) in [5.74, 6) is 6.46. The minimum atomic E-state index is 0.406. The van der Waals surface area contributed by atoms with Crippen molar-refractivity contribution in [1.29, 1.82) is 0 Å². The Bertz CT molecular complexity index is 540. The van der Waals surface area contributed by atoms with Crippen LogP contribution in [0, 0.1) is 13.8 Å². The molecule has 0 saturated heterocycles. The van der Waals surface area contributed by atoms with Gasteiger partial charge in [-0.1, -0.05) is 0 Å². The zero-order valence-electron chi connectivity index (χ0n) is 10.4. The van der Waals surface area contributed by atoms with E-state index in [1.807, 2.05) is 32.2 Å². The molecule has 0 amide bonds. The number of aromatic nitrogens is 3. The SMILES string of the molecule is Cc1cc(NCc2ccncc2C)nc(NN)n1. The molecule has 0 aliphatic rings. The minimum Gasteiger partial charge on any atom is -0.366 e. The van der Waals surface area contributed by atoms with Crippen LogP contribution in [0.3, 0.4) is 0 Å². The lowest BCUT2D eigenvalue weighted by Crippen LogP contribution is -2.12. The van der Waals surface area contributed by atoms with E-state index in [4.69, 9.17) is 5.84 Å². The monoisotopic (exact) mass is 244 g/mol. The highest BCUT2D eigenvalue weighted by Gasteiger charge is 2.02. The van der Waals surface area contributed by atoms with Crippen LogP contribution in [0.5, 0.6) is 0 Å². The van der Waals surface area contributed by atoms with Gasteiger partial charge in [0.25, 0.3) is 0 Å². The van der Waals surface area contributed by atoms with Crippen LogP contribution in [-0.2, 0) is 6.54 Å². The summed E-state index contributed by atoms with van der Waals surface area (Å²) in [5.41, 5.74) is 5.63. The first kappa shape index (κ1) is 12.3. The van der Waals surface area contributed by atoms with Crippen LogP contribution < -0.4 is 16.6 Å². The molecule has 0 fully saturated rings. The molecule has 0 aromatic carbocycles. The first-order valence-corrected chi connectivity index (χ1v) is 5.64. The van der Waals surface area contributed by atoms with Gasteiger partial charge in [0.05, 0.1) is 0 Å². The highest BCUT2D eigenvalue weighted by molar-refractivity contribution is 5.42. The number of hydrazine groups is 1. The molecule has 0 saturated carbocycles. The fraction of sp³-hybridized carbons (Fsp3) is 0.250. The lowest BCUT2D eigenvalue weighted by molar-refractivity contribution is 1.03. The average Bonchev–Trinajstić information content (AvgIpc) is 2.37. The molecule has 0 atom stereocenters.